The quantitative estimate of drug-likeness (QED) is 0.648. The van der Waals surface area contributed by atoms with Gasteiger partial charge in [0.15, 0.2) is 5.65 Å². The summed E-state index contributed by atoms with van der Waals surface area (Å²) in [6.45, 7) is 0.864. The van der Waals surface area contributed by atoms with Gasteiger partial charge in [0, 0.05) is 38.1 Å². The average molecular weight is 404 g/mol. The minimum atomic E-state index is -0.573. The Labute approximate surface area is 171 Å². The predicted molar refractivity (Wildman–Crippen MR) is 106 cm³/mol. The van der Waals surface area contributed by atoms with Crippen molar-refractivity contribution >= 4 is 23.0 Å². The summed E-state index contributed by atoms with van der Waals surface area (Å²) in [5.41, 5.74) is 2.71. The van der Waals surface area contributed by atoms with Crippen LogP contribution in [0.1, 0.15) is 23.2 Å². The fourth-order valence-electron chi connectivity index (χ4n) is 3.72. The van der Waals surface area contributed by atoms with Gasteiger partial charge in [0.05, 0.1) is 35.6 Å². The Balaban J connectivity index is 1.38. The van der Waals surface area contributed by atoms with E-state index >= 15 is 0 Å². The molecule has 1 aliphatic carbocycles. The monoisotopic (exact) mass is 404 g/mol. The molecule has 2 aliphatic rings. The Morgan fingerprint density at radius 3 is 2.80 bits per heavy atom. The molecule has 10 heteroatoms. The highest BCUT2D eigenvalue weighted by Gasteiger charge is 2.42. The van der Waals surface area contributed by atoms with Gasteiger partial charge in [-0.3, -0.25) is 14.3 Å². The predicted octanol–water partition coefficient (Wildman–Crippen LogP) is 0.849. The van der Waals surface area contributed by atoms with E-state index in [1.165, 1.54) is 0 Å². The van der Waals surface area contributed by atoms with Crippen molar-refractivity contribution in [2.24, 2.45) is 18.9 Å². The molecule has 1 saturated carbocycles. The van der Waals surface area contributed by atoms with Gasteiger partial charge < -0.3 is 15.2 Å². The number of carbonyl (C=O) groups excluding carboxylic acids is 2. The molecule has 10 nitrogen and oxygen atoms in total. The maximum atomic E-state index is 13.0. The molecule has 0 spiro atoms. The first-order chi connectivity index (χ1) is 14.5. The second-order valence-electron chi connectivity index (χ2n) is 7.92. The fourth-order valence-corrected chi connectivity index (χ4v) is 3.72. The van der Waals surface area contributed by atoms with E-state index < -0.39 is 6.04 Å². The highest BCUT2D eigenvalue weighted by atomic mass is 16.2. The third-order valence-corrected chi connectivity index (χ3v) is 5.65. The number of fused-ring (bicyclic) bond motifs is 1. The molecular weight excluding hydrogens is 384 g/mol. The van der Waals surface area contributed by atoms with E-state index in [1.54, 1.807) is 28.2 Å². The van der Waals surface area contributed by atoms with Crippen LogP contribution in [0.25, 0.3) is 22.4 Å². The number of H-pyrrole nitrogens is 1. The first kappa shape index (κ1) is 18.3. The molecule has 1 saturated heterocycles. The number of hydrogen-bond donors (Lipinski definition) is 2. The van der Waals surface area contributed by atoms with Gasteiger partial charge in [-0.1, -0.05) is 0 Å². The lowest BCUT2D eigenvalue weighted by Crippen LogP contribution is -2.57. The zero-order valence-corrected chi connectivity index (χ0v) is 16.4. The van der Waals surface area contributed by atoms with E-state index in [0.717, 1.165) is 18.4 Å². The number of nitrogens with one attached hydrogen (secondary N) is 2. The number of nitriles is 1. The lowest BCUT2D eigenvalue weighted by molar-refractivity contribution is -0.138. The summed E-state index contributed by atoms with van der Waals surface area (Å²) < 4.78 is 1.67. The Kier molecular flexibility index (Phi) is 4.24. The summed E-state index contributed by atoms with van der Waals surface area (Å²) >= 11 is 0. The normalized spacial score (nSPS) is 17.4. The molecule has 3 aromatic rings. The van der Waals surface area contributed by atoms with Crippen LogP contribution in [0.15, 0.2) is 24.8 Å². The number of carbonyl (C=O) groups is 2. The van der Waals surface area contributed by atoms with Crippen molar-refractivity contribution in [2.75, 3.05) is 13.1 Å². The molecule has 1 atom stereocenters. The minimum absolute atomic E-state index is 0.112. The van der Waals surface area contributed by atoms with Crippen molar-refractivity contribution in [3.63, 3.8) is 0 Å². The highest BCUT2D eigenvalue weighted by molar-refractivity contribution is 6.06. The van der Waals surface area contributed by atoms with Gasteiger partial charge in [-0.15, -0.1) is 0 Å². The molecule has 4 heterocycles. The number of nitrogens with zero attached hydrogens (tertiary/aromatic N) is 6. The Bertz CT molecular complexity index is 1180. The van der Waals surface area contributed by atoms with Gasteiger partial charge in [0.2, 0.25) is 5.91 Å². The Hall–Kier alpha value is -3.74. The first-order valence-corrected chi connectivity index (χ1v) is 9.86. The molecule has 2 fully saturated rings. The molecule has 0 radical (unpaired) electrons. The van der Waals surface area contributed by atoms with Crippen molar-refractivity contribution in [3.05, 3.63) is 30.4 Å². The van der Waals surface area contributed by atoms with Crippen LogP contribution in [0.4, 0.5) is 0 Å². The molecular formula is C20H20N8O2. The van der Waals surface area contributed by atoms with Crippen molar-refractivity contribution in [2.45, 2.75) is 18.9 Å². The van der Waals surface area contributed by atoms with Crippen LogP contribution < -0.4 is 5.32 Å². The van der Waals surface area contributed by atoms with Crippen molar-refractivity contribution in [1.29, 1.82) is 5.26 Å². The lowest BCUT2D eigenvalue weighted by atomic mass is 9.99. The fraction of sp³-hybridized carbons (Fsp3) is 0.400. The van der Waals surface area contributed by atoms with Crippen LogP contribution in [0.5, 0.6) is 0 Å². The summed E-state index contributed by atoms with van der Waals surface area (Å²) in [4.78, 5) is 39.4. The van der Waals surface area contributed by atoms with E-state index in [9.17, 15) is 9.59 Å². The van der Waals surface area contributed by atoms with Crippen molar-refractivity contribution in [1.82, 2.24) is 34.9 Å². The Morgan fingerprint density at radius 2 is 2.13 bits per heavy atom. The van der Waals surface area contributed by atoms with E-state index in [1.807, 2.05) is 13.2 Å². The number of amides is 2. The number of hydrogen-bond acceptors (Lipinski definition) is 6. The average Bonchev–Trinajstić information content (AvgIpc) is 3.31. The van der Waals surface area contributed by atoms with Crippen LogP contribution in [0, 0.1) is 23.2 Å². The molecule has 30 heavy (non-hydrogen) atoms. The van der Waals surface area contributed by atoms with Crippen LogP contribution in [-0.2, 0) is 11.8 Å². The van der Waals surface area contributed by atoms with Crippen LogP contribution in [0.3, 0.4) is 0 Å². The smallest absolute Gasteiger partial charge is 0.255 e. The number of aryl methyl sites for hydroxylation is 1. The number of aromatic amines is 1. The third kappa shape index (κ3) is 3.18. The zero-order chi connectivity index (χ0) is 20.8. The van der Waals surface area contributed by atoms with Gasteiger partial charge in [-0.05, 0) is 18.8 Å². The van der Waals surface area contributed by atoms with E-state index in [4.69, 9.17) is 5.26 Å². The maximum Gasteiger partial charge on any atom is 0.255 e. The molecule has 2 amide bonds. The van der Waals surface area contributed by atoms with Crippen LogP contribution in [-0.4, -0.2) is 60.6 Å². The topological polar surface area (TPSA) is 133 Å². The Morgan fingerprint density at radius 1 is 1.33 bits per heavy atom. The largest absolute Gasteiger partial charge is 0.344 e. The van der Waals surface area contributed by atoms with Gasteiger partial charge in [-0.2, -0.15) is 10.4 Å². The van der Waals surface area contributed by atoms with Crippen LogP contribution >= 0.6 is 0 Å². The maximum absolute atomic E-state index is 13.0. The summed E-state index contributed by atoms with van der Waals surface area (Å²) in [6.07, 6.45) is 8.52. The molecule has 1 unspecified atom stereocenters. The number of aromatic nitrogens is 5. The van der Waals surface area contributed by atoms with Gasteiger partial charge in [-0.25, -0.2) is 9.97 Å². The molecule has 5 rings (SSSR count). The van der Waals surface area contributed by atoms with E-state index in [2.05, 4.69) is 31.4 Å². The first-order valence-electron chi connectivity index (χ1n) is 9.86. The van der Waals surface area contributed by atoms with Crippen molar-refractivity contribution in [3.8, 4) is 17.3 Å². The second-order valence-corrected chi connectivity index (χ2v) is 7.92. The summed E-state index contributed by atoms with van der Waals surface area (Å²) in [5, 5.41) is 16.0. The molecule has 0 bridgehead atoms. The molecule has 3 aromatic heterocycles. The van der Waals surface area contributed by atoms with E-state index in [-0.39, 0.29) is 23.7 Å². The summed E-state index contributed by atoms with van der Waals surface area (Å²) in [5.74, 6) is -0.440. The lowest BCUT2D eigenvalue weighted by Gasteiger charge is -2.37. The van der Waals surface area contributed by atoms with E-state index in [0.29, 0.717) is 35.5 Å². The third-order valence-electron chi connectivity index (χ3n) is 5.65. The summed E-state index contributed by atoms with van der Waals surface area (Å²) in [7, 11) is 1.82. The van der Waals surface area contributed by atoms with Crippen molar-refractivity contribution < 1.29 is 9.59 Å². The minimum Gasteiger partial charge on any atom is -0.344 e. The molecule has 152 valence electrons. The standard InChI is InChI=1S/C20H20N8O2/c1-27-10-13(5-24-27)15-7-23-18-17(25-15)14(6-22-18)19(29)26-16(12-2-3-12)20(30)28-8-11(4-21)9-28/h5-7,10-12,16H,2-3,8-9H2,1H3,(H,22,23)(H,26,29). The molecule has 2 N–H and O–H groups in total. The second kappa shape index (κ2) is 6.95. The zero-order valence-electron chi connectivity index (χ0n) is 16.4. The molecule has 1 aliphatic heterocycles. The highest BCUT2D eigenvalue weighted by Crippen LogP contribution is 2.34. The van der Waals surface area contributed by atoms with Gasteiger partial charge in [0.1, 0.15) is 11.6 Å². The number of rotatable bonds is 5. The number of likely N-dealkylation sites (tertiary alicyclic amines) is 1. The molecule has 0 aromatic carbocycles. The van der Waals surface area contributed by atoms with Crippen LogP contribution in [0.2, 0.25) is 0 Å². The SMILES string of the molecule is Cn1cc(-c2cnc3[nH]cc(C(=O)NC(C(=O)N4CC(C#N)C4)C4CC4)c3n2)cn1. The summed E-state index contributed by atoms with van der Waals surface area (Å²) in [6, 6.07) is 1.59. The van der Waals surface area contributed by atoms with Gasteiger partial charge >= 0.3 is 0 Å². The van der Waals surface area contributed by atoms with Gasteiger partial charge in [0.25, 0.3) is 5.91 Å².